The number of hydrogen-bond donors (Lipinski definition) is 2. The quantitative estimate of drug-likeness (QED) is 0.619. The molecule has 0 aromatic carbocycles. The van der Waals surface area contributed by atoms with E-state index < -0.39 is 0 Å². The first-order valence-corrected chi connectivity index (χ1v) is 5.95. The Morgan fingerprint density at radius 3 is 2.41 bits per heavy atom. The molecule has 0 heterocycles. The molecule has 0 atom stereocenters. The smallest absolute Gasteiger partial charge is 0.307 e. The summed E-state index contributed by atoms with van der Waals surface area (Å²) >= 11 is 0. The molecule has 0 saturated heterocycles. The molecule has 0 aromatic rings. The third-order valence-electron chi connectivity index (χ3n) is 2.73. The van der Waals surface area contributed by atoms with Crippen molar-refractivity contribution in [3.63, 3.8) is 0 Å². The van der Waals surface area contributed by atoms with Crippen LogP contribution in [-0.4, -0.2) is 32.1 Å². The van der Waals surface area contributed by atoms with Gasteiger partial charge in [0.05, 0.1) is 13.5 Å². The molecule has 100 valence electrons. The van der Waals surface area contributed by atoms with Crippen molar-refractivity contribution in [1.29, 1.82) is 0 Å². The summed E-state index contributed by atoms with van der Waals surface area (Å²) in [6.07, 6.45) is 2.39. The molecule has 1 amide bonds. The van der Waals surface area contributed by atoms with Crippen molar-refractivity contribution >= 4 is 11.9 Å². The Morgan fingerprint density at radius 1 is 1.24 bits per heavy atom. The Kier molecular flexibility index (Phi) is 7.54. The minimum atomic E-state index is -0.311. The number of hydrogen-bond acceptors (Lipinski definition) is 4. The maximum Gasteiger partial charge on any atom is 0.307 e. The van der Waals surface area contributed by atoms with Crippen LogP contribution < -0.4 is 11.1 Å². The van der Waals surface area contributed by atoms with Crippen molar-refractivity contribution in [3.05, 3.63) is 0 Å². The van der Waals surface area contributed by atoms with Crippen molar-refractivity contribution in [1.82, 2.24) is 5.32 Å². The van der Waals surface area contributed by atoms with Gasteiger partial charge in [0.2, 0.25) is 5.91 Å². The van der Waals surface area contributed by atoms with E-state index in [1.165, 1.54) is 7.11 Å². The van der Waals surface area contributed by atoms with E-state index in [0.717, 1.165) is 12.8 Å². The topological polar surface area (TPSA) is 81.4 Å². The lowest BCUT2D eigenvalue weighted by atomic mass is 9.84. The van der Waals surface area contributed by atoms with Gasteiger partial charge in [0.1, 0.15) is 0 Å². The van der Waals surface area contributed by atoms with E-state index >= 15 is 0 Å². The van der Waals surface area contributed by atoms with E-state index in [9.17, 15) is 9.59 Å². The molecule has 5 nitrogen and oxygen atoms in total. The van der Waals surface area contributed by atoms with Crippen LogP contribution in [0.15, 0.2) is 0 Å². The van der Waals surface area contributed by atoms with Crippen LogP contribution in [0.25, 0.3) is 0 Å². The first kappa shape index (κ1) is 15.9. The van der Waals surface area contributed by atoms with Crippen LogP contribution in [0, 0.1) is 5.41 Å². The largest absolute Gasteiger partial charge is 0.469 e. The molecule has 0 aliphatic rings. The molecule has 0 radical (unpaired) electrons. The van der Waals surface area contributed by atoms with Crippen LogP contribution in [0.4, 0.5) is 0 Å². The summed E-state index contributed by atoms with van der Waals surface area (Å²) in [7, 11) is 1.33. The van der Waals surface area contributed by atoms with Crippen LogP contribution >= 0.6 is 0 Å². The molecule has 0 aliphatic carbocycles. The second kappa shape index (κ2) is 8.06. The number of esters is 1. The minimum absolute atomic E-state index is 0.0287. The van der Waals surface area contributed by atoms with Gasteiger partial charge in [-0.2, -0.15) is 0 Å². The molecule has 0 aromatic heterocycles. The van der Waals surface area contributed by atoms with Gasteiger partial charge in [-0.15, -0.1) is 0 Å². The number of rotatable bonds is 8. The number of nitrogens with one attached hydrogen (secondary N) is 1. The maximum atomic E-state index is 11.5. The Balaban J connectivity index is 3.69. The molecule has 0 spiro atoms. The number of nitrogens with two attached hydrogens (primary N) is 1. The number of methoxy groups -OCH3 is 1. The van der Waals surface area contributed by atoms with Crippen molar-refractivity contribution in [3.8, 4) is 0 Å². The number of carbonyl (C=O) groups excluding carboxylic acids is 2. The number of ether oxygens (including phenoxy) is 1. The van der Waals surface area contributed by atoms with Gasteiger partial charge in [0, 0.05) is 13.0 Å². The summed E-state index contributed by atoms with van der Waals surface area (Å²) in [4.78, 5) is 22.3. The number of amides is 1. The van der Waals surface area contributed by atoms with E-state index in [4.69, 9.17) is 5.73 Å². The molecule has 0 fully saturated rings. The molecule has 5 heteroatoms. The van der Waals surface area contributed by atoms with Crippen LogP contribution in [0.1, 0.15) is 39.5 Å². The minimum Gasteiger partial charge on any atom is -0.469 e. The second-order valence-corrected chi connectivity index (χ2v) is 4.88. The molecule has 17 heavy (non-hydrogen) atoms. The Morgan fingerprint density at radius 2 is 1.88 bits per heavy atom. The molecule has 0 rings (SSSR count). The third kappa shape index (κ3) is 8.68. The van der Waals surface area contributed by atoms with Gasteiger partial charge in [0.15, 0.2) is 0 Å². The van der Waals surface area contributed by atoms with E-state index in [-0.39, 0.29) is 23.7 Å². The Hall–Kier alpha value is -1.10. The van der Waals surface area contributed by atoms with Crippen molar-refractivity contribution < 1.29 is 14.3 Å². The van der Waals surface area contributed by atoms with Gasteiger partial charge in [-0.3, -0.25) is 9.59 Å². The summed E-state index contributed by atoms with van der Waals surface area (Å²) in [5.74, 6) is -0.340. The van der Waals surface area contributed by atoms with Gasteiger partial charge in [-0.1, -0.05) is 13.8 Å². The lowest BCUT2D eigenvalue weighted by Gasteiger charge is -2.23. The van der Waals surface area contributed by atoms with Gasteiger partial charge in [-0.05, 0) is 24.8 Å². The normalized spacial score (nSPS) is 11.1. The summed E-state index contributed by atoms with van der Waals surface area (Å²) in [6, 6.07) is 0. The third-order valence-corrected chi connectivity index (χ3v) is 2.73. The monoisotopic (exact) mass is 244 g/mol. The highest BCUT2D eigenvalue weighted by molar-refractivity contribution is 5.77. The van der Waals surface area contributed by atoms with Crippen LogP contribution in [0.5, 0.6) is 0 Å². The Bertz CT molecular complexity index is 252. The zero-order valence-electron chi connectivity index (χ0n) is 11.0. The van der Waals surface area contributed by atoms with Gasteiger partial charge in [0.25, 0.3) is 0 Å². The fourth-order valence-corrected chi connectivity index (χ4v) is 1.46. The van der Waals surface area contributed by atoms with E-state index in [1.54, 1.807) is 0 Å². The molecule has 0 bridgehead atoms. The lowest BCUT2D eigenvalue weighted by molar-refractivity contribution is -0.140. The molecule has 3 N–H and O–H groups in total. The highest BCUT2D eigenvalue weighted by atomic mass is 16.5. The average Bonchev–Trinajstić information content (AvgIpc) is 2.26. The van der Waals surface area contributed by atoms with E-state index in [0.29, 0.717) is 19.5 Å². The summed E-state index contributed by atoms with van der Waals surface area (Å²) < 4.78 is 4.47. The maximum absolute atomic E-state index is 11.5. The first-order chi connectivity index (χ1) is 7.91. The van der Waals surface area contributed by atoms with Crippen LogP contribution in [0.3, 0.4) is 0 Å². The van der Waals surface area contributed by atoms with Crippen molar-refractivity contribution in [2.24, 2.45) is 11.1 Å². The zero-order valence-corrected chi connectivity index (χ0v) is 11.0. The van der Waals surface area contributed by atoms with E-state index in [1.807, 2.05) is 0 Å². The summed E-state index contributed by atoms with van der Waals surface area (Å²) in [5.41, 5.74) is 5.59. The molecule has 0 saturated carbocycles. The number of carbonyl (C=O) groups is 2. The summed E-state index contributed by atoms with van der Waals surface area (Å²) in [5, 5.41) is 2.69. The predicted molar refractivity (Wildman–Crippen MR) is 66.3 cm³/mol. The average molecular weight is 244 g/mol. The second-order valence-electron chi connectivity index (χ2n) is 4.88. The summed E-state index contributed by atoms with van der Waals surface area (Å²) in [6.45, 7) is 5.17. The lowest BCUT2D eigenvalue weighted by Crippen LogP contribution is -2.28. The fourth-order valence-electron chi connectivity index (χ4n) is 1.46. The van der Waals surface area contributed by atoms with E-state index in [2.05, 4.69) is 23.9 Å². The molecule has 0 aliphatic heterocycles. The SMILES string of the molecule is COC(=O)CCNC(=O)CCC(C)(C)CCN. The van der Waals surface area contributed by atoms with Crippen LogP contribution in [-0.2, 0) is 14.3 Å². The molecule has 0 unspecified atom stereocenters. The van der Waals surface area contributed by atoms with Gasteiger partial charge < -0.3 is 15.8 Å². The Labute approximate surface area is 103 Å². The van der Waals surface area contributed by atoms with Crippen molar-refractivity contribution in [2.75, 3.05) is 20.2 Å². The predicted octanol–water partition coefficient (Wildman–Crippen LogP) is 0.821. The van der Waals surface area contributed by atoms with Gasteiger partial charge >= 0.3 is 5.97 Å². The zero-order chi connectivity index (χ0) is 13.3. The molecular weight excluding hydrogens is 220 g/mol. The van der Waals surface area contributed by atoms with Crippen molar-refractivity contribution in [2.45, 2.75) is 39.5 Å². The van der Waals surface area contributed by atoms with Crippen LogP contribution in [0.2, 0.25) is 0 Å². The first-order valence-electron chi connectivity index (χ1n) is 5.95. The fraction of sp³-hybridized carbons (Fsp3) is 0.833. The molecular formula is C12H24N2O3. The highest BCUT2D eigenvalue weighted by Crippen LogP contribution is 2.25. The van der Waals surface area contributed by atoms with Gasteiger partial charge in [-0.25, -0.2) is 0 Å². The standard InChI is InChI=1S/C12H24N2O3/c1-12(2,7-8-13)6-4-10(15)14-9-5-11(16)17-3/h4-9,13H2,1-3H3,(H,14,15). The highest BCUT2D eigenvalue weighted by Gasteiger charge is 2.18.